The van der Waals surface area contributed by atoms with Gasteiger partial charge in [-0.3, -0.25) is 0 Å². The molecule has 0 radical (unpaired) electrons. The average Bonchev–Trinajstić information content (AvgIpc) is 1.49. The van der Waals surface area contributed by atoms with E-state index in [1.165, 1.54) is 181 Å². The van der Waals surface area contributed by atoms with Gasteiger partial charge in [0.25, 0.3) is 0 Å². The molecule has 5 heterocycles. The fraction of sp³-hybridized carbons (Fsp3) is 0.0476. The van der Waals surface area contributed by atoms with Crippen molar-refractivity contribution in [3.8, 4) is 100 Å². The number of hydrogen-bond donors (Lipinski definition) is 0. The third-order valence-corrected chi connectivity index (χ3v) is 31.9. The lowest BCUT2D eigenvalue weighted by atomic mass is 9.76. The van der Waals surface area contributed by atoms with Crippen molar-refractivity contribution in [2.75, 3.05) is 9.80 Å². The first kappa shape index (κ1) is 85.5. The Labute approximate surface area is 817 Å². The summed E-state index contributed by atoms with van der Waals surface area (Å²) in [5, 5.41) is 10.5. The number of nitrogens with zero attached hydrogens (tertiary/aromatic N) is 2. The highest BCUT2D eigenvalue weighted by atomic mass is 79.9. The molecule has 0 atom stereocenters. The van der Waals surface area contributed by atoms with E-state index >= 15 is 0 Å². The standard InChI is InChI=1S/C60H39NS2.C36H29BO2S2.C30H22BrN/c1-3-11-40(12-4-1)42-19-27-50(28-20-42)61(51-29-21-43(22-30-51)41-13-5-2-6-14-41)52-31-23-44(24-32-52)47-35-48(45-25-33-59-55(38-45)53-15-7-9-17-57(53)62-59)37-49(36-47)46-26-34-60-56(39-46)54-16-8-10-18-58(54)63-60;1-35(2)36(3,4)39-37(38-35)26-18-24(22-13-15-33-29(20-22)27-9-5-7-11-31(27)40-33)17-25(19-26)23-14-16-34-30(21-23)28-10-6-8-12-32(28)41-34;31-27-15-21-30(22-16-27)32(28-17-11-25(12-18-28)23-7-3-1-4-8-23)29-19-13-26(14-20-29)24-9-5-2-6-10-24/h1-39H;5-21H,1-4H3;1-22H. The number of benzene rings is 20. The molecule has 0 spiro atoms. The Hall–Kier alpha value is -14.7. The molecule has 1 aliphatic heterocycles. The van der Waals surface area contributed by atoms with Crippen LogP contribution in [0.1, 0.15) is 27.7 Å². The second-order valence-electron chi connectivity index (χ2n) is 35.8. The fourth-order valence-electron chi connectivity index (χ4n) is 18.9. The summed E-state index contributed by atoms with van der Waals surface area (Å²) < 4.78 is 24.7. The Morgan fingerprint density at radius 1 is 0.184 bits per heavy atom. The van der Waals surface area contributed by atoms with Crippen LogP contribution in [0.15, 0.2) is 478 Å². The zero-order chi connectivity index (χ0) is 91.4. The first-order valence-electron chi connectivity index (χ1n) is 46.1. The number of fused-ring (bicyclic) bond motifs is 12. The van der Waals surface area contributed by atoms with Crippen LogP contribution in [0.5, 0.6) is 0 Å². The van der Waals surface area contributed by atoms with E-state index < -0.39 is 18.3 Å². The van der Waals surface area contributed by atoms with Gasteiger partial charge in [0, 0.05) is 119 Å². The molecular formula is C126H90BBrN2O2S4. The lowest BCUT2D eigenvalue weighted by Crippen LogP contribution is -2.41. The van der Waals surface area contributed by atoms with Crippen LogP contribution in [0, 0.1) is 0 Å². The van der Waals surface area contributed by atoms with Crippen molar-refractivity contribution in [1.29, 1.82) is 0 Å². The lowest BCUT2D eigenvalue weighted by molar-refractivity contribution is 0.00578. The van der Waals surface area contributed by atoms with Crippen LogP contribution in [-0.2, 0) is 9.31 Å². The summed E-state index contributed by atoms with van der Waals surface area (Å²) in [6.45, 7) is 8.46. The molecule has 0 unspecified atom stereocenters. The van der Waals surface area contributed by atoms with E-state index in [1.807, 2.05) is 57.5 Å². The van der Waals surface area contributed by atoms with E-state index in [0.29, 0.717) is 0 Å². The van der Waals surface area contributed by atoms with Gasteiger partial charge in [0.05, 0.1) is 11.2 Å². The monoisotopic (exact) mass is 1880 g/mol. The molecule has 1 fully saturated rings. The van der Waals surface area contributed by atoms with Gasteiger partial charge in [0.2, 0.25) is 0 Å². The summed E-state index contributed by atoms with van der Waals surface area (Å²) in [6, 6.07) is 172. The fourth-order valence-corrected chi connectivity index (χ4v) is 23.5. The molecule has 650 valence electrons. The molecule has 1 saturated heterocycles. The van der Waals surface area contributed by atoms with Crippen molar-refractivity contribution < 1.29 is 9.31 Å². The Balaban J connectivity index is 0.000000123. The highest BCUT2D eigenvalue weighted by Gasteiger charge is 2.52. The van der Waals surface area contributed by atoms with Crippen LogP contribution >= 0.6 is 61.3 Å². The van der Waals surface area contributed by atoms with E-state index in [4.69, 9.17) is 9.31 Å². The van der Waals surface area contributed by atoms with Gasteiger partial charge in [0.1, 0.15) is 0 Å². The number of halogens is 1. The van der Waals surface area contributed by atoms with Crippen LogP contribution in [0.25, 0.3) is 181 Å². The summed E-state index contributed by atoms with van der Waals surface area (Å²) in [5.41, 5.74) is 28.5. The number of anilines is 6. The molecule has 0 bridgehead atoms. The molecule has 24 aromatic rings. The highest BCUT2D eigenvalue weighted by molar-refractivity contribution is 9.10. The number of hydrogen-bond acceptors (Lipinski definition) is 8. The minimum atomic E-state index is -0.435. The number of thiophene rings is 4. The Morgan fingerprint density at radius 2 is 0.375 bits per heavy atom. The van der Waals surface area contributed by atoms with Gasteiger partial charge in [-0.25, -0.2) is 0 Å². The van der Waals surface area contributed by atoms with E-state index in [9.17, 15) is 0 Å². The second-order valence-corrected chi connectivity index (χ2v) is 41.1. The SMILES string of the molecule is Brc1ccc(N(c2ccc(-c3ccccc3)cc2)c2ccc(-c3ccccc3)cc2)cc1.CC1(C)OB(c2cc(-c3ccc4sc5ccccc5c4c3)cc(-c3ccc4sc5ccccc5c4c3)c2)OC1(C)C.c1ccc(-c2ccc(N(c3ccc(-c4ccccc4)cc3)c3ccc(-c4cc(-c5ccc6sc7ccccc7c6c5)cc(-c5ccc6sc7ccccc7c6c5)c4)cc3)cc2)cc1. The molecule has 4 aromatic heterocycles. The quantitative estimate of drug-likeness (QED) is 0.0900. The van der Waals surface area contributed by atoms with Gasteiger partial charge in [-0.15, -0.1) is 45.3 Å². The predicted molar refractivity (Wildman–Crippen MR) is 593 cm³/mol. The molecule has 0 amide bonds. The van der Waals surface area contributed by atoms with Gasteiger partial charge >= 0.3 is 7.12 Å². The van der Waals surface area contributed by atoms with Crippen molar-refractivity contribution in [3.63, 3.8) is 0 Å². The van der Waals surface area contributed by atoms with E-state index in [-0.39, 0.29) is 0 Å². The summed E-state index contributed by atoms with van der Waals surface area (Å²) in [4.78, 5) is 4.64. The van der Waals surface area contributed by atoms with Crippen molar-refractivity contribution in [2.24, 2.45) is 0 Å². The maximum Gasteiger partial charge on any atom is 0.494 e. The van der Waals surface area contributed by atoms with Gasteiger partial charge in [-0.05, 0) is 315 Å². The molecule has 20 aromatic carbocycles. The Kier molecular flexibility index (Phi) is 23.0. The second kappa shape index (κ2) is 36.6. The van der Waals surface area contributed by atoms with Gasteiger partial charge < -0.3 is 19.1 Å². The summed E-state index contributed by atoms with van der Waals surface area (Å²) in [7, 11) is -0.435. The first-order chi connectivity index (χ1) is 66.7. The molecule has 0 aliphatic carbocycles. The zero-order valence-corrected chi connectivity index (χ0v) is 80.2. The predicted octanol–water partition coefficient (Wildman–Crippen LogP) is 37.5. The summed E-state index contributed by atoms with van der Waals surface area (Å²) in [5.74, 6) is 0. The third kappa shape index (κ3) is 17.1. The van der Waals surface area contributed by atoms with Gasteiger partial charge in [0.15, 0.2) is 0 Å². The molecular weight excluding hydrogens is 1790 g/mol. The minimum absolute atomic E-state index is 0.406. The maximum absolute atomic E-state index is 6.54. The third-order valence-electron chi connectivity index (χ3n) is 26.7. The summed E-state index contributed by atoms with van der Waals surface area (Å²) >= 11 is 11.0. The summed E-state index contributed by atoms with van der Waals surface area (Å²) in [6.07, 6.45) is 0. The van der Waals surface area contributed by atoms with Crippen molar-refractivity contribution in [3.05, 3.63) is 478 Å². The molecule has 136 heavy (non-hydrogen) atoms. The number of rotatable bonds is 16. The first-order valence-corrected chi connectivity index (χ1v) is 50.2. The smallest absolute Gasteiger partial charge is 0.399 e. The molecule has 1 aliphatic rings. The van der Waals surface area contributed by atoms with Crippen molar-refractivity contribution >= 4 is 189 Å². The van der Waals surface area contributed by atoms with E-state index in [2.05, 4.69) is 514 Å². The van der Waals surface area contributed by atoms with Crippen LogP contribution in [0.2, 0.25) is 0 Å². The molecule has 10 heteroatoms. The molecule has 0 saturated carbocycles. The molecule has 25 rings (SSSR count). The van der Waals surface area contributed by atoms with Gasteiger partial charge in [-0.1, -0.05) is 307 Å². The Bertz CT molecular complexity index is 8070. The Morgan fingerprint density at radius 3 is 0.632 bits per heavy atom. The molecule has 4 nitrogen and oxygen atoms in total. The average molecular weight is 1880 g/mol. The lowest BCUT2D eigenvalue weighted by Gasteiger charge is -2.32. The zero-order valence-electron chi connectivity index (χ0n) is 75.3. The van der Waals surface area contributed by atoms with Gasteiger partial charge in [-0.2, -0.15) is 0 Å². The minimum Gasteiger partial charge on any atom is -0.399 e. The topological polar surface area (TPSA) is 24.9 Å². The van der Waals surface area contributed by atoms with Crippen molar-refractivity contribution in [2.45, 2.75) is 38.9 Å². The van der Waals surface area contributed by atoms with Crippen LogP contribution in [0.4, 0.5) is 34.1 Å². The maximum atomic E-state index is 6.54. The highest BCUT2D eigenvalue weighted by Crippen LogP contribution is 2.48. The molecule has 0 N–H and O–H groups in total. The normalized spacial score (nSPS) is 12.8. The van der Waals surface area contributed by atoms with E-state index in [0.717, 1.165) is 44.1 Å². The van der Waals surface area contributed by atoms with Crippen LogP contribution in [-0.4, -0.2) is 18.3 Å². The largest absolute Gasteiger partial charge is 0.494 e. The van der Waals surface area contributed by atoms with Crippen molar-refractivity contribution in [1.82, 2.24) is 0 Å². The van der Waals surface area contributed by atoms with Crippen LogP contribution in [0.3, 0.4) is 0 Å². The van der Waals surface area contributed by atoms with Crippen LogP contribution < -0.4 is 15.3 Å². The van der Waals surface area contributed by atoms with E-state index in [1.54, 1.807) is 0 Å².